The van der Waals surface area contributed by atoms with Gasteiger partial charge in [0.1, 0.15) is 40.9 Å². The molecule has 0 amide bonds. The van der Waals surface area contributed by atoms with E-state index in [4.69, 9.17) is 14.8 Å². The highest BCUT2D eigenvalue weighted by atomic mass is 32.2. The molecule has 3 aromatic rings. The molecule has 0 bridgehead atoms. The van der Waals surface area contributed by atoms with Crippen LogP contribution in [-0.2, 0) is 15.9 Å². The molecule has 0 radical (unpaired) electrons. The van der Waals surface area contributed by atoms with Gasteiger partial charge in [0, 0.05) is 24.1 Å². The van der Waals surface area contributed by atoms with Crippen LogP contribution in [0.2, 0.25) is 0 Å². The summed E-state index contributed by atoms with van der Waals surface area (Å²) in [6.45, 7) is 4.63. The van der Waals surface area contributed by atoms with Crippen LogP contribution in [0.4, 0.5) is 13.2 Å². The smallest absolute Gasteiger partial charge is 0.433 e. The van der Waals surface area contributed by atoms with Gasteiger partial charge in [0.2, 0.25) is 0 Å². The number of aromatic nitrogens is 4. The highest BCUT2D eigenvalue weighted by Gasteiger charge is 2.33. The van der Waals surface area contributed by atoms with Gasteiger partial charge in [-0.15, -0.1) is 0 Å². The van der Waals surface area contributed by atoms with E-state index in [-0.39, 0.29) is 33.4 Å². The molecule has 1 N–H and O–H groups in total. The molecule has 0 unspecified atom stereocenters. The van der Waals surface area contributed by atoms with Gasteiger partial charge in [-0.1, -0.05) is 6.92 Å². The van der Waals surface area contributed by atoms with Crippen LogP contribution in [0.3, 0.4) is 0 Å². The summed E-state index contributed by atoms with van der Waals surface area (Å²) in [6, 6.07) is 4.10. The average molecular weight is 438 g/mol. The maximum atomic E-state index is 12.9. The van der Waals surface area contributed by atoms with Crippen molar-refractivity contribution in [2.75, 3.05) is 5.75 Å². The molecule has 0 spiro atoms. The van der Waals surface area contributed by atoms with Crippen molar-refractivity contribution in [1.29, 1.82) is 10.0 Å². The van der Waals surface area contributed by atoms with E-state index in [2.05, 4.69) is 15.0 Å². The van der Waals surface area contributed by atoms with Gasteiger partial charge in [-0.05, 0) is 13.8 Å². The third kappa shape index (κ3) is 4.20. The number of rotatable bonds is 5. The molecule has 3 heterocycles. The Hall–Kier alpha value is -3.20. The van der Waals surface area contributed by atoms with Crippen LogP contribution >= 0.6 is 0 Å². The van der Waals surface area contributed by atoms with Crippen molar-refractivity contribution in [1.82, 2.24) is 19.4 Å². The first-order chi connectivity index (χ1) is 13.9. The molecule has 0 fully saturated rings. The minimum atomic E-state index is -4.62. The molecule has 3 aromatic heterocycles. The maximum Gasteiger partial charge on any atom is 0.433 e. The summed E-state index contributed by atoms with van der Waals surface area (Å²) in [7, 11) is -3.30. The molecule has 8 nitrogen and oxygen atoms in total. The first kappa shape index (κ1) is 21.5. The largest absolute Gasteiger partial charge is 0.471 e. The van der Waals surface area contributed by atoms with E-state index in [1.54, 1.807) is 6.92 Å². The van der Waals surface area contributed by atoms with E-state index >= 15 is 0 Å². The molecular formula is C18H17F3N6O2S. The number of ether oxygens (including phenoxy) is 1. The van der Waals surface area contributed by atoms with Crippen LogP contribution in [0.1, 0.15) is 26.5 Å². The molecule has 0 aliphatic heterocycles. The molecule has 12 heteroatoms. The Labute approximate surface area is 170 Å². The average Bonchev–Trinajstić information content (AvgIpc) is 3.10. The van der Waals surface area contributed by atoms with Crippen LogP contribution in [0.25, 0.3) is 17.0 Å². The van der Waals surface area contributed by atoms with E-state index in [1.807, 2.05) is 6.07 Å². The zero-order valence-corrected chi connectivity index (χ0v) is 17.0. The molecular weight excluding hydrogens is 421 g/mol. The van der Waals surface area contributed by atoms with Gasteiger partial charge in [0.15, 0.2) is 5.60 Å². The second-order valence-electron chi connectivity index (χ2n) is 6.87. The third-order valence-electron chi connectivity index (χ3n) is 4.11. The number of pyridine rings is 1. The summed E-state index contributed by atoms with van der Waals surface area (Å²) in [6.07, 6.45) is -0.980. The summed E-state index contributed by atoms with van der Waals surface area (Å²) in [5, 5.41) is 9.14. The number of nitriles is 1. The van der Waals surface area contributed by atoms with Crippen molar-refractivity contribution in [3.8, 4) is 23.2 Å². The number of alkyl halides is 3. The zero-order valence-electron chi connectivity index (χ0n) is 16.2. The summed E-state index contributed by atoms with van der Waals surface area (Å²) >= 11 is 0. The van der Waals surface area contributed by atoms with Crippen LogP contribution in [-0.4, -0.2) is 34.9 Å². The van der Waals surface area contributed by atoms with E-state index in [9.17, 15) is 17.4 Å². The second kappa shape index (κ2) is 7.24. The van der Waals surface area contributed by atoms with Crippen molar-refractivity contribution in [2.24, 2.45) is 0 Å². The minimum Gasteiger partial charge on any atom is -0.471 e. The van der Waals surface area contributed by atoms with Crippen molar-refractivity contribution in [3.63, 3.8) is 0 Å². The van der Waals surface area contributed by atoms with E-state index in [0.717, 1.165) is 12.4 Å². The Morgan fingerprint density at radius 2 is 2.00 bits per heavy atom. The van der Waals surface area contributed by atoms with Crippen LogP contribution in [0.15, 0.2) is 35.7 Å². The fourth-order valence-electron chi connectivity index (χ4n) is 2.56. The van der Waals surface area contributed by atoms with Gasteiger partial charge in [0.05, 0.1) is 20.8 Å². The number of nitrogens with zero attached hydrogens (tertiary/aromatic N) is 5. The lowest BCUT2D eigenvalue weighted by atomic mass is 10.2. The monoisotopic (exact) mass is 438 g/mol. The van der Waals surface area contributed by atoms with Crippen molar-refractivity contribution in [2.45, 2.75) is 37.4 Å². The molecule has 0 saturated carbocycles. The SMILES string of the molecule is CC[S@@](=N)(=O)c1cc(OC(C)(C)C#N)cnc1-c1cn2cnc(C(F)(F)F)cc2n1. The molecule has 3 rings (SSSR count). The molecule has 158 valence electrons. The zero-order chi connectivity index (χ0) is 22.3. The lowest BCUT2D eigenvalue weighted by Crippen LogP contribution is -2.25. The van der Waals surface area contributed by atoms with Gasteiger partial charge in [-0.2, -0.15) is 18.4 Å². The Bertz CT molecular complexity index is 1260. The normalized spacial score (nSPS) is 14.3. The second-order valence-corrected chi connectivity index (χ2v) is 9.24. The number of hydrogen-bond donors (Lipinski definition) is 1. The summed E-state index contributed by atoms with van der Waals surface area (Å²) < 4.78 is 66.6. The standard InChI is InChI=1S/C18H17F3N6O2S/c1-4-30(23,28)13-5-11(29-17(2,3)9-22)7-24-16(13)12-8-27-10-25-14(18(19,20)21)6-15(27)26-12/h5-8,10,23H,4H2,1-3H3/t30-/m1/s1. The van der Waals surface area contributed by atoms with E-state index in [1.165, 1.54) is 36.7 Å². The van der Waals surface area contributed by atoms with Crippen LogP contribution < -0.4 is 4.74 Å². The van der Waals surface area contributed by atoms with Gasteiger partial charge in [0.25, 0.3) is 0 Å². The quantitative estimate of drug-likeness (QED) is 0.645. The predicted molar refractivity (Wildman–Crippen MR) is 101 cm³/mol. The first-order valence-electron chi connectivity index (χ1n) is 8.65. The topological polar surface area (TPSA) is 117 Å². The molecule has 0 saturated heterocycles. The number of halogens is 3. The lowest BCUT2D eigenvalue weighted by molar-refractivity contribution is -0.141. The molecule has 30 heavy (non-hydrogen) atoms. The third-order valence-corrected chi connectivity index (χ3v) is 5.95. The summed E-state index contributed by atoms with van der Waals surface area (Å²) in [5.74, 6) is 0.110. The first-order valence-corrected chi connectivity index (χ1v) is 10.4. The van der Waals surface area contributed by atoms with Crippen molar-refractivity contribution < 1.29 is 22.1 Å². The highest BCUT2D eigenvalue weighted by molar-refractivity contribution is 7.92. The van der Waals surface area contributed by atoms with Gasteiger partial charge in [-0.25, -0.2) is 23.9 Å². The van der Waals surface area contributed by atoms with Gasteiger partial charge in [-0.3, -0.25) is 4.40 Å². The fourth-order valence-corrected chi connectivity index (χ4v) is 3.65. The van der Waals surface area contributed by atoms with Gasteiger partial charge >= 0.3 is 6.18 Å². The number of nitrogens with one attached hydrogen (secondary N) is 1. The van der Waals surface area contributed by atoms with Gasteiger partial charge < -0.3 is 4.74 Å². The van der Waals surface area contributed by atoms with Crippen molar-refractivity contribution >= 4 is 15.4 Å². The number of fused-ring (bicyclic) bond motifs is 1. The summed E-state index contributed by atoms with van der Waals surface area (Å²) in [5.41, 5.74) is -2.10. The van der Waals surface area contributed by atoms with Crippen LogP contribution in [0.5, 0.6) is 5.75 Å². The molecule has 0 aliphatic rings. The predicted octanol–water partition coefficient (Wildman–Crippen LogP) is 3.92. The molecule has 0 aliphatic carbocycles. The summed E-state index contributed by atoms with van der Waals surface area (Å²) in [4.78, 5) is 11.7. The molecule has 1 atom stereocenters. The Morgan fingerprint density at radius 3 is 2.60 bits per heavy atom. The lowest BCUT2D eigenvalue weighted by Gasteiger charge is -2.19. The Balaban J connectivity index is 2.16. The molecule has 0 aromatic carbocycles. The number of hydrogen-bond acceptors (Lipinski definition) is 7. The van der Waals surface area contributed by atoms with Crippen molar-refractivity contribution in [3.05, 3.63) is 36.5 Å². The van der Waals surface area contributed by atoms with E-state index < -0.39 is 27.2 Å². The maximum absolute atomic E-state index is 12.9. The van der Waals surface area contributed by atoms with Crippen LogP contribution in [0, 0.1) is 16.1 Å². The highest BCUT2D eigenvalue weighted by Crippen LogP contribution is 2.32. The minimum absolute atomic E-state index is 0.0173. The Kier molecular flexibility index (Phi) is 5.19. The Morgan fingerprint density at radius 1 is 1.30 bits per heavy atom. The number of imidazole rings is 1. The van der Waals surface area contributed by atoms with E-state index in [0.29, 0.717) is 0 Å². The fraction of sp³-hybridized carbons (Fsp3) is 0.333.